The average molecular weight is 409 g/mol. The zero-order valence-electron chi connectivity index (χ0n) is 15.5. The first-order valence-corrected chi connectivity index (χ1v) is 9.23. The number of amides is 1. The van der Waals surface area contributed by atoms with E-state index in [0.29, 0.717) is 38.8 Å². The Labute approximate surface area is 171 Å². The molecule has 0 bridgehead atoms. The lowest BCUT2D eigenvalue weighted by molar-refractivity contribution is 0.0944. The van der Waals surface area contributed by atoms with E-state index in [1.807, 2.05) is 0 Å². The molecule has 0 saturated heterocycles. The maximum Gasteiger partial charge on any atom is 0.257 e. The van der Waals surface area contributed by atoms with E-state index >= 15 is 0 Å². The first-order chi connectivity index (χ1) is 14.1. The first-order valence-electron chi connectivity index (χ1n) is 8.85. The van der Waals surface area contributed by atoms with Gasteiger partial charge >= 0.3 is 0 Å². The Bertz CT molecular complexity index is 1210. The Morgan fingerprint density at radius 1 is 1.14 bits per heavy atom. The number of hydrogen-bond acceptors (Lipinski definition) is 5. The fraction of sp³-hybridized carbons (Fsp3) is 0.0909. The first kappa shape index (κ1) is 18.8. The van der Waals surface area contributed by atoms with Crippen molar-refractivity contribution in [3.63, 3.8) is 0 Å². The predicted octanol–water partition coefficient (Wildman–Crippen LogP) is 4.85. The van der Waals surface area contributed by atoms with Gasteiger partial charge in [-0.25, -0.2) is 4.99 Å². The van der Waals surface area contributed by atoms with E-state index in [9.17, 15) is 4.79 Å². The number of rotatable bonds is 5. The van der Waals surface area contributed by atoms with Crippen molar-refractivity contribution in [2.24, 2.45) is 4.99 Å². The Morgan fingerprint density at radius 3 is 2.69 bits per heavy atom. The maximum atomic E-state index is 12.9. The summed E-state index contributed by atoms with van der Waals surface area (Å²) >= 11 is 6.09. The molecule has 4 aromatic rings. The van der Waals surface area contributed by atoms with Gasteiger partial charge in [0.25, 0.3) is 5.91 Å². The van der Waals surface area contributed by atoms with Crippen LogP contribution in [0.4, 0.5) is 5.69 Å². The van der Waals surface area contributed by atoms with Gasteiger partial charge in [0.1, 0.15) is 22.7 Å². The molecule has 29 heavy (non-hydrogen) atoms. The zero-order chi connectivity index (χ0) is 20.2. The minimum absolute atomic E-state index is 0.196. The molecule has 7 heteroatoms. The number of fused-ring (bicyclic) bond motifs is 1. The van der Waals surface area contributed by atoms with E-state index < -0.39 is 0 Å². The topological polar surface area (TPSA) is 77.0 Å². The summed E-state index contributed by atoms with van der Waals surface area (Å²) in [5.74, 6) is 1.03. The molecular weight excluding hydrogens is 392 g/mol. The van der Waals surface area contributed by atoms with E-state index in [1.54, 1.807) is 74.0 Å². The summed E-state index contributed by atoms with van der Waals surface area (Å²) in [7, 11) is 1.59. The molecule has 146 valence electrons. The van der Waals surface area contributed by atoms with Crippen LogP contribution in [0.5, 0.6) is 5.75 Å². The lowest BCUT2D eigenvalue weighted by Crippen LogP contribution is -2.28. The highest BCUT2D eigenvalue weighted by molar-refractivity contribution is 6.31. The molecular formula is C22H17ClN2O4. The van der Waals surface area contributed by atoms with E-state index in [1.165, 1.54) is 0 Å². The minimum Gasteiger partial charge on any atom is -0.497 e. The molecule has 0 unspecified atom stereocenters. The SMILES string of the molecule is COc1ccc(N=c2oc3ccc(Cl)cc3cc2C(=O)NCc2ccco2)cc1. The van der Waals surface area contributed by atoms with Crippen LogP contribution in [0.1, 0.15) is 16.1 Å². The fourth-order valence-corrected chi connectivity index (χ4v) is 2.98. The highest BCUT2D eigenvalue weighted by Crippen LogP contribution is 2.21. The van der Waals surface area contributed by atoms with Gasteiger partial charge in [0.05, 0.1) is 25.6 Å². The van der Waals surface area contributed by atoms with Gasteiger partial charge in [0, 0.05) is 10.4 Å². The number of halogens is 1. The summed E-state index contributed by atoms with van der Waals surface area (Å²) < 4.78 is 16.4. The Kier molecular flexibility index (Phi) is 5.35. The van der Waals surface area contributed by atoms with Crippen molar-refractivity contribution in [2.75, 3.05) is 7.11 Å². The second-order valence-corrected chi connectivity index (χ2v) is 6.66. The third kappa shape index (κ3) is 4.33. The molecule has 4 rings (SSSR count). The lowest BCUT2D eigenvalue weighted by Gasteiger charge is -2.06. The van der Waals surface area contributed by atoms with Crippen LogP contribution in [-0.4, -0.2) is 13.0 Å². The number of benzene rings is 2. The number of nitrogens with one attached hydrogen (secondary N) is 1. The average Bonchev–Trinajstić information content (AvgIpc) is 3.26. The molecule has 1 N–H and O–H groups in total. The van der Waals surface area contributed by atoms with Gasteiger partial charge in [-0.2, -0.15) is 0 Å². The van der Waals surface area contributed by atoms with Gasteiger partial charge in [-0.1, -0.05) is 11.6 Å². The van der Waals surface area contributed by atoms with Gasteiger partial charge in [-0.05, 0) is 60.7 Å². The van der Waals surface area contributed by atoms with Crippen molar-refractivity contribution in [1.82, 2.24) is 5.32 Å². The van der Waals surface area contributed by atoms with Crippen LogP contribution in [-0.2, 0) is 6.54 Å². The van der Waals surface area contributed by atoms with Crippen LogP contribution in [0.3, 0.4) is 0 Å². The smallest absolute Gasteiger partial charge is 0.257 e. The van der Waals surface area contributed by atoms with Gasteiger partial charge in [-0.3, -0.25) is 4.79 Å². The molecule has 0 aliphatic rings. The monoisotopic (exact) mass is 408 g/mol. The molecule has 2 heterocycles. The van der Waals surface area contributed by atoms with Crippen LogP contribution in [0, 0.1) is 0 Å². The maximum absolute atomic E-state index is 12.9. The third-order valence-electron chi connectivity index (χ3n) is 4.26. The Balaban J connectivity index is 1.77. The zero-order valence-corrected chi connectivity index (χ0v) is 16.3. The predicted molar refractivity (Wildman–Crippen MR) is 109 cm³/mol. The van der Waals surface area contributed by atoms with Crippen LogP contribution in [0.25, 0.3) is 11.0 Å². The number of carbonyl (C=O) groups excluding carboxylic acids is 1. The third-order valence-corrected chi connectivity index (χ3v) is 4.49. The molecule has 1 amide bonds. The second kappa shape index (κ2) is 8.24. The highest BCUT2D eigenvalue weighted by atomic mass is 35.5. The summed E-state index contributed by atoms with van der Waals surface area (Å²) in [6.07, 6.45) is 1.55. The number of carbonyl (C=O) groups is 1. The van der Waals surface area contributed by atoms with Crippen LogP contribution in [0.2, 0.25) is 5.02 Å². The quantitative estimate of drug-likeness (QED) is 0.512. The molecule has 0 radical (unpaired) electrons. The van der Waals surface area contributed by atoms with Crippen LogP contribution < -0.4 is 15.6 Å². The molecule has 0 aliphatic carbocycles. The summed E-state index contributed by atoms with van der Waals surface area (Å²) in [6.45, 7) is 0.251. The number of methoxy groups -OCH3 is 1. The van der Waals surface area contributed by atoms with Crippen molar-refractivity contribution >= 4 is 34.2 Å². The molecule has 0 saturated carbocycles. The largest absolute Gasteiger partial charge is 0.497 e. The molecule has 2 aromatic carbocycles. The molecule has 0 atom stereocenters. The number of hydrogen-bond donors (Lipinski definition) is 1. The van der Waals surface area contributed by atoms with Crippen molar-refractivity contribution in [3.05, 3.63) is 88.8 Å². The number of furan rings is 1. The fourth-order valence-electron chi connectivity index (χ4n) is 2.80. The summed E-state index contributed by atoms with van der Waals surface area (Å²) in [5.41, 5.74) is 1.69. The lowest BCUT2D eigenvalue weighted by atomic mass is 10.1. The molecule has 0 spiro atoms. The van der Waals surface area contributed by atoms with Crippen molar-refractivity contribution in [3.8, 4) is 5.75 Å². The normalized spacial score (nSPS) is 11.6. The van der Waals surface area contributed by atoms with Crippen molar-refractivity contribution in [2.45, 2.75) is 6.54 Å². The minimum atomic E-state index is -0.334. The van der Waals surface area contributed by atoms with E-state index in [-0.39, 0.29) is 18.0 Å². The van der Waals surface area contributed by atoms with E-state index in [0.717, 1.165) is 0 Å². The number of ether oxygens (including phenoxy) is 1. The Morgan fingerprint density at radius 2 is 1.97 bits per heavy atom. The Hall–Kier alpha value is -3.51. The van der Waals surface area contributed by atoms with Crippen LogP contribution >= 0.6 is 11.6 Å². The van der Waals surface area contributed by atoms with Gasteiger partial charge < -0.3 is 18.9 Å². The summed E-state index contributed by atoms with van der Waals surface area (Å²) in [4.78, 5) is 17.4. The van der Waals surface area contributed by atoms with Crippen molar-refractivity contribution in [1.29, 1.82) is 0 Å². The van der Waals surface area contributed by atoms with Crippen LogP contribution in [0.15, 0.2) is 80.8 Å². The molecule has 0 aliphatic heterocycles. The standard InChI is InChI=1S/C22H17ClN2O4/c1-27-17-7-5-16(6-8-17)25-22-19(21(26)24-13-18-3-2-10-28-18)12-14-11-15(23)4-9-20(14)29-22/h2-12H,13H2,1H3,(H,24,26). The van der Waals surface area contributed by atoms with Gasteiger partial charge in [0.2, 0.25) is 5.55 Å². The van der Waals surface area contributed by atoms with E-state index in [2.05, 4.69) is 10.3 Å². The van der Waals surface area contributed by atoms with Gasteiger partial charge in [0.15, 0.2) is 0 Å². The highest BCUT2D eigenvalue weighted by Gasteiger charge is 2.13. The van der Waals surface area contributed by atoms with Crippen molar-refractivity contribution < 1.29 is 18.4 Å². The summed E-state index contributed by atoms with van der Waals surface area (Å²) in [6, 6.07) is 17.6. The number of nitrogens with zero attached hydrogens (tertiary/aromatic N) is 1. The molecule has 0 fully saturated rings. The second-order valence-electron chi connectivity index (χ2n) is 6.22. The molecule has 6 nitrogen and oxygen atoms in total. The molecule has 2 aromatic heterocycles. The summed E-state index contributed by atoms with van der Waals surface area (Å²) in [5, 5.41) is 4.07. The van der Waals surface area contributed by atoms with Gasteiger partial charge in [-0.15, -0.1) is 0 Å². The van der Waals surface area contributed by atoms with E-state index in [4.69, 9.17) is 25.2 Å².